The van der Waals surface area contributed by atoms with Gasteiger partial charge in [-0.05, 0) is 45.2 Å². The van der Waals surface area contributed by atoms with Gasteiger partial charge in [0.1, 0.15) is 11.5 Å². The second-order valence-corrected chi connectivity index (χ2v) is 6.25. The van der Waals surface area contributed by atoms with Crippen LogP contribution in [0.4, 0.5) is 0 Å². The molecule has 122 valence electrons. The molecule has 3 rings (SSSR count). The first-order valence-corrected chi connectivity index (χ1v) is 8.52. The van der Waals surface area contributed by atoms with Crippen LogP contribution in [0.1, 0.15) is 49.6 Å². The molecule has 6 nitrogen and oxygen atoms in total. The van der Waals surface area contributed by atoms with Crippen molar-refractivity contribution in [3.63, 3.8) is 0 Å². The summed E-state index contributed by atoms with van der Waals surface area (Å²) in [5, 5.41) is 7.42. The number of aromatic nitrogens is 1. The Hall–Kier alpha value is -1.56. The molecule has 1 aliphatic heterocycles. The van der Waals surface area contributed by atoms with Gasteiger partial charge >= 0.3 is 0 Å². The van der Waals surface area contributed by atoms with Crippen molar-refractivity contribution in [2.75, 3.05) is 19.6 Å². The molecular weight excluding hydrogens is 278 g/mol. The second-order valence-electron chi connectivity index (χ2n) is 6.25. The molecule has 22 heavy (non-hydrogen) atoms. The van der Waals surface area contributed by atoms with Crippen LogP contribution in [0.2, 0.25) is 0 Å². The van der Waals surface area contributed by atoms with Gasteiger partial charge in [0.2, 0.25) is 0 Å². The summed E-state index contributed by atoms with van der Waals surface area (Å²) in [7, 11) is 0. The molecule has 2 heterocycles. The van der Waals surface area contributed by atoms with Gasteiger partial charge in [-0.3, -0.25) is 4.90 Å². The zero-order chi connectivity index (χ0) is 15.4. The molecule has 0 aromatic carbocycles. The molecule has 1 aliphatic carbocycles. The normalized spacial score (nSPS) is 22.8. The van der Waals surface area contributed by atoms with Crippen LogP contribution in [0, 0.1) is 0 Å². The molecule has 0 radical (unpaired) electrons. The van der Waals surface area contributed by atoms with E-state index < -0.39 is 0 Å². The first-order valence-electron chi connectivity index (χ1n) is 8.52. The summed E-state index contributed by atoms with van der Waals surface area (Å²) in [5.74, 6) is 1.56. The Bertz CT molecular complexity index is 525. The number of likely N-dealkylation sites (N-methyl/N-ethyl adjacent to an activating group) is 1. The Kier molecular flexibility index (Phi) is 4.97. The maximum absolute atomic E-state index is 5.99. The van der Waals surface area contributed by atoms with Gasteiger partial charge in [-0.1, -0.05) is 12.1 Å². The van der Waals surface area contributed by atoms with Crippen LogP contribution in [-0.2, 0) is 19.4 Å². The van der Waals surface area contributed by atoms with Crippen LogP contribution >= 0.6 is 0 Å². The zero-order valence-electron chi connectivity index (χ0n) is 13.5. The van der Waals surface area contributed by atoms with E-state index in [0.717, 1.165) is 37.4 Å². The lowest BCUT2D eigenvalue weighted by Gasteiger charge is -2.23. The fourth-order valence-electron chi connectivity index (χ4n) is 3.55. The Morgan fingerprint density at radius 1 is 1.41 bits per heavy atom. The number of rotatable bonds is 5. The number of aryl methyl sites for hydroxylation is 1. The highest BCUT2D eigenvalue weighted by atomic mass is 16.5. The van der Waals surface area contributed by atoms with Gasteiger partial charge in [0.25, 0.3) is 0 Å². The van der Waals surface area contributed by atoms with Crippen LogP contribution in [0.5, 0.6) is 0 Å². The standard InChI is InChI=1S/C16H27N5O/c1-2-21-9-5-6-12(21)10-18-16(17)19-11-14-13-7-3-4-8-15(13)22-20-14/h12H,2-11H2,1H3,(H3,17,18,19). The van der Waals surface area contributed by atoms with Crippen molar-refractivity contribution in [3.8, 4) is 0 Å². The summed E-state index contributed by atoms with van der Waals surface area (Å²) in [6.45, 7) is 5.91. The minimum atomic E-state index is 0.510. The van der Waals surface area contributed by atoms with Crippen molar-refractivity contribution in [3.05, 3.63) is 17.0 Å². The lowest BCUT2D eigenvalue weighted by molar-refractivity contribution is 0.267. The summed E-state index contributed by atoms with van der Waals surface area (Å²) >= 11 is 0. The number of aliphatic imine (C=N–C) groups is 1. The van der Waals surface area contributed by atoms with E-state index in [0.29, 0.717) is 18.5 Å². The highest BCUT2D eigenvalue weighted by Crippen LogP contribution is 2.24. The van der Waals surface area contributed by atoms with E-state index in [1.54, 1.807) is 0 Å². The highest BCUT2D eigenvalue weighted by Gasteiger charge is 2.22. The molecule has 0 amide bonds. The van der Waals surface area contributed by atoms with Crippen LogP contribution in [0.3, 0.4) is 0 Å². The SMILES string of the molecule is CCN1CCCC1CNC(N)=NCc1noc2c1CCCC2. The van der Waals surface area contributed by atoms with Crippen molar-refractivity contribution in [1.29, 1.82) is 0 Å². The predicted molar refractivity (Wildman–Crippen MR) is 86.7 cm³/mol. The van der Waals surface area contributed by atoms with E-state index in [4.69, 9.17) is 10.3 Å². The minimum absolute atomic E-state index is 0.510. The summed E-state index contributed by atoms with van der Waals surface area (Å²) in [6.07, 6.45) is 7.00. The topological polar surface area (TPSA) is 79.7 Å². The number of nitrogens with one attached hydrogen (secondary N) is 1. The quantitative estimate of drug-likeness (QED) is 0.635. The summed E-state index contributed by atoms with van der Waals surface area (Å²) in [6, 6.07) is 0.582. The molecular formula is C16H27N5O. The lowest BCUT2D eigenvalue weighted by atomic mass is 9.96. The number of guanidine groups is 1. The molecule has 6 heteroatoms. The van der Waals surface area contributed by atoms with E-state index in [9.17, 15) is 0 Å². The highest BCUT2D eigenvalue weighted by molar-refractivity contribution is 5.77. The van der Waals surface area contributed by atoms with E-state index in [1.165, 1.54) is 37.8 Å². The van der Waals surface area contributed by atoms with Crippen molar-refractivity contribution >= 4 is 5.96 Å². The molecule has 0 saturated carbocycles. The van der Waals surface area contributed by atoms with Crippen LogP contribution in [-0.4, -0.2) is 41.7 Å². The Morgan fingerprint density at radius 3 is 3.14 bits per heavy atom. The number of hydrogen-bond acceptors (Lipinski definition) is 4. The fraction of sp³-hybridized carbons (Fsp3) is 0.750. The van der Waals surface area contributed by atoms with Gasteiger partial charge in [-0.2, -0.15) is 0 Å². The average molecular weight is 305 g/mol. The first kappa shape index (κ1) is 15.3. The zero-order valence-corrected chi connectivity index (χ0v) is 13.5. The van der Waals surface area contributed by atoms with E-state index in [1.807, 2.05) is 0 Å². The minimum Gasteiger partial charge on any atom is -0.370 e. The van der Waals surface area contributed by atoms with Gasteiger partial charge < -0.3 is 15.6 Å². The van der Waals surface area contributed by atoms with Crippen molar-refractivity contribution < 1.29 is 4.52 Å². The molecule has 3 N–H and O–H groups in total. The predicted octanol–water partition coefficient (Wildman–Crippen LogP) is 1.44. The largest absolute Gasteiger partial charge is 0.370 e. The second kappa shape index (κ2) is 7.13. The van der Waals surface area contributed by atoms with Crippen molar-refractivity contribution in [1.82, 2.24) is 15.4 Å². The maximum Gasteiger partial charge on any atom is 0.189 e. The van der Waals surface area contributed by atoms with Gasteiger partial charge in [-0.25, -0.2) is 4.99 Å². The van der Waals surface area contributed by atoms with Crippen LogP contribution < -0.4 is 11.1 Å². The Morgan fingerprint density at radius 2 is 2.27 bits per heavy atom. The number of fused-ring (bicyclic) bond motifs is 1. The third-order valence-corrected chi connectivity index (χ3v) is 4.85. The molecule has 1 unspecified atom stereocenters. The van der Waals surface area contributed by atoms with E-state index in [2.05, 4.69) is 27.3 Å². The molecule has 1 aromatic rings. The number of likely N-dealkylation sites (tertiary alicyclic amines) is 1. The number of nitrogens with two attached hydrogens (primary N) is 1. The lowest BCUT2D eigenvalue weighted by Crippen LogP contribution is -2.42. The molecule has 1 saturated heterocycles. The first-order chi connectivity index (χ1) is 10.8. The summed E-state index contributed by atoms with van der Waals surface area (Å²) < 4.78 is 5.40. The van der Waals surface area contributed by atoms with E-state index >= 15 is 0 Å². The molecule has 0 spiro atoms. The van der Waals surface area contributed by atoms with E-state index in [-0.39, 0.29) is 0 Å². The van der Waals surface area contributed by atoms with Crippen LogP contribution in [0.15, 0.2) is 9.52 Å². The Balaban J connectivity index is 1.51. The van der Waals surface area contributed by atoms with Crippen molar-refractivity contribution in [2.45, 2.75) is 58.0 Å². The van der Waals surface area contributed by atoms with Crippen molar-refractivity contribution in [2.24, 2.45) is 10.7 Å². The monoisotopic (exact) mass is 305 g/mol. The third kappa shape index (κ3) is 3.43. The summed E-state index contributed by atoms with van der Waals surface area (Å²) in [5.41, 5.74) is 8.21. The third-order valence-electron chi connectivity index (χ3n) is 4.85. The molecule has 1 fully saturated rings. The smallest absolute Gasteiger partial charge is 0.189 e. The van der Waals surface area contributed by atoms with Gasteiger partial charge in [0.05, 0.1) is 6.54 Å². The Labute approximate surface area is 132 Å². The fourth-order valence-corrected chi connectivity index (χ4v) is 3.55. The van der Waals surface area contributed by atoms with Gasteiger partial charge in [0.15, 0.2) is 5.96 Å². The molecule has 1 aromatic heterocycles. The average Bonchev–Trinajstić information content (AvgIpc) is 3.17. The molecule has 2 aliphatic rings. The molecule has 1 atom stereocenters. The van der Waals surface area contributed by atoms with Crippen LogP contribution in [0.25, 0.3) is 0 Å². The molecule has 0 bridgehead atoms. The summed E-state index contributed by atoms with van der Waals surface area (Å²) in [4.78, 5) is 6.92. The number of nitrogens with zero attached hydrogens (tertiary/aromatic N) is 3. The van der Waals surface area contributed by atoms with Gasteiger partial charge in [-0.15, -0.1) is 0 Å². The number of hydrogen-bond donors (Lipinski definition) is 2. The van der Waals surface area contributed by atoms with Gasteiger partial charge in [0, 0.05) is 24.6 Å². The maximum atomic E-state index is 5.99.